The highest BCUT2D eigenvalue weighted by Gasteiger charge is 2.44. The molecule has 0 saturated carbocycles. The molecule has 1 aliphatic rings. The first kappa shape index (κ1) is 27.6. The Morgan fingerprint density at radius 3 is 2.32 bits per heavy atom. The van der Waals surface area contributed by atoms with Gasteiger partial charge in [0.2, 0.25) is 21.8 Å². The zero-order valence-corrected chi connectivity index (χ0v) is 20.9. The molecule has 0 aliphatic carbocycles. The first-order valence-electron chi connectivity index (χ1n) is 11.4. The summed E-state index contributed by atoms with van der Waals surface area (Å²) in [5.74, 6) is -2.62. The van der Waals surface area contributed by atoms with Crippen molar-refractivity contribution >= 4 is 39.4 Å². The minimum atomic E-state index is -3.87. The van der Waals surface area contributed by atoms with Gasteiger partial charge in [0.05, 0.1) is 23.6 Å². The van der Waals surface area contributed by atoms with Gasteiger partial charge in [0.1, 0.15) is 11.8 Å². The van der Waals surface area contributed by atoms with Crippen LogP contribution >= 0.6 is 0 Å². The summed E-state index contributed by atoms with van der Waals surface area (Å²) < 4.78 is 28.5. The van der Waals surface area contributed by atoms with Crippen LogP contribution in [0.25, 0.3) is 0 Å². The lowest BCUT2D eigenvalue weighted by Crippen LogP contribution is -2.46. The largest absolute Gasteiger partial charge is 0.494 e. The first-order chi connectivity index (χ1) is 17.5. The van der Waals surface area contributed by atoms with Crippen LogP contribution in [0.3, 0.4) is 0 Å². The van der Waals surface area contributed by atoms with Gasteiger partial charge in [0.15, 0.2) is 0 Å². The smallest absolute Gasteiger partial charge is 0.328 e. The van der Waals surface area contributed by atoms with E-state index in [-0.39, 0.29) is 24.3 Å². The summed E-state index contributed by atoms with van der Waals surface area (Å²) in [6.07, 6.45) is 2.24. The molecule has 1 saturated heterocycles. The molecule has 37 heavy (non-hydrogen) atoms. The number of nitrogens with two attached hydrogens (primary N) is 1. The van der Waals surface area contributed by atoms with Crippen molar-refractivity contribution in [3.8, 4) is 5.75 Å². The van der Waals surface area contributed by atoms with Crippen LogP contribution in [0.5, 0.6) is 5.75 Å². The Kier molecular flexibility index (Phi) is 8.79. The van der Waals surface area contributed by atoms with Crippen LogP contribution in [0.15, 0.2) is 65.6 Å². The molecule has 12 heteroatoms. The van der Waals surface area contributed by atoms with Crippen LogP contribution in [0, 0.1) is 0 Å². The number of rotatable bonds is 11. The second kappa shape index (κ2) is 11.8. The first-order valence-corrected chi connectivity index (χ1v) is 13.0. The number of hydrogen-bond donors (Lipinski definition) is 2. The summed E-state index contributed by atoms with van der Waals surface area (Å²) >= 11 is 0. The average molecular weight is 530 g/mol. The van der Waals surface area contributed by atoms with Crippen molar-refractivity contribution in [1.29, 1.82) is 0 Å². The number of ether oxygens (including phenoxy) is 1. The van der Waals surface area contributed by atoms with E-state index < -0.39 is 39.8 Å². The van der Waals surface area contributed by atoms with E-state index in [2.05, 4.69) is 0 Å². The summed E-state index contributed by atoms with van der Waals surface area (Å²) in [6.45, 7) is 2.46. The van der Waals surface area contributed by atoms with Crippen LogP contribution in [0.4, 0.5) is 5.69 Å². The minimum absolute atomic E-state index is 0.0289. The quantitative estimate of drug-likeness (QED) is 0.326. The van der Waals surface area contributed by atoms with Gasteiger partial charge in [0.25, 0.3) is 5.91 Å². The lowest BCUT2D eigenvalue weighted by Gasteiger charge is -2.26. The Morgan fingerprint density at radius 1 is 1.11 bits per heavy atom. The maximum Gasteiger partial charge on any atom is 0.328 e. The standard InChI is InChI=1S/C25H27N3O8S/c1-2-15-36-19-7-5-18(6-8-19)28-23(30)16-21(25(28)33)27(22(29)11-12-24(31)32)14-13-17-3-9-20(10-4-17)37(26,34)35/h3-12,21H,2,13-16H2,1H3,(H,31,32)(H2,26,34,35)/b12-11+/t21-/m0/s1. The topological polar surface area (TPSA) is 164 Å². The Labute approximate surface area is 214 Å². The SMILES string of the molecule is CCCOc1ccc(N2C(=O)C[C@H](N(CCc3ccc(S(N)(=O)=O)cc3)C(=O)/C=C/C(=O)O)C2=O)cc1. The molecule has 11 nitrogen and oxygen atoms in total. The number of anilines is 1. The van der Waals surface area contributed by atoms with Crippen LogP contribution in [0.2, 0.25) is 0 Å². The van der Waals surface area contributed by atoms with Crippen molar-refractivity contribution in [2.45, 2.75) is 37.1 Å². The molecule has 0 radical (unpaired) electrons. The predicted octanol–water partition coefficient (Wildman–Crippen LogP) is 1.47. The molecule has 1 fully saturated rings. The maximum absolute atomic E-state index is 13.3. The third-order valence-corrected chi connectivity index (χ3v) is 6.54. The number of primary sulfonamides is 1. The van der Waals surface area contributed by atoms with Gasteiger partial charge < -0.3 is 14.7 Å². The Morgan fingerprint density at radius 2 is 1.76 bits per heavy atom. The van der Waals surface area contributed by atoms with E-state index >= 15 is 0 Å². The van der Waals surface area contributed by atoms with E-state index in [0.717, 1.165) is 22.3 Å². The molecule has 2 aromatic carbocycles. The second-order valence-electron chi connectivity index (χ2n) is 8.27. The summed E-state index contributed by atoms with van der Waals surface area (Å²) in [7, 11) is -3.87. The lowest BCUT2D eigenvalue weighted by molar-refractivity contribution is -0.135. The highest BCUT2D eigenvalue weighted by atomic mass is 32.2. The van der Waals surface area contributed by atoms with E-state index in [1.165, 1.54) is 24.3 Å². The third kappa shape index (κ3) is 7.02. The molecular formula is C25H27N3O8S. The van der Waals surface area contributed by atoms with Gasteiger partial charge in [-0.2, -0.15) is 0 Å². The van der Waals surface area contributed by atoms with Crippen molar-refractivity contribution in [1.82, 2.24) is 4.90 Å². The molecular weight excluding hydrogens is 502 g/mol. The monoisotopic (exact) mass is 529 g/mol. The molecule has 1 atom stereocenters. The zero-order valence-electron chi connectivity index (χ0n) is 20.1. The van der Waals surface area contributed by atoms with E-state index in [4.69, 9.17) is 15.0 Å². The molecule has 0 spiro atoms. The number of carboxylic acids is 1. The number of aliphatic carboxylic acids is 1. The van der Waals surface area contributed by atoms with Crippen molar-refractivity contribution in [2.75, 3.05) is 18.1 Å². The minimum Gasteiger partial charge on any atom is -0.494 e. The number of nitrogens with zero attached hydrogens (tertiary/aromatic N) is 2. The molecule has 0 unspecified atom stereocenters. The molecule has 196 valence electrons. The van der Waals surface area contributed by atoms with Gasteiger partial charge in [0, 0.05) is 18.7 Å². The van der Waals surface area contributed by atoms with Crippen molar-refractivity contribution in [3.63, 3.8) is 0 Å². The van der Waals surface area contributed by atoms with Gasteiger partial charge >= 0.3 is 5.97 Å². The number of benzene rings is 2. The Balaban J connectivity index is 1.82. The predicted molar refractivity (Wildman–Crippen MR) is 133 cm³/mol. The highest BCUT2D eigenvalue weighted by molar-refractivity contribution is 7.89. The fourth-order valence-corrected chi connectivity index (χ4v) is 4.31. The van der Waals surface area contributed by atoms with Gasteiger partial charge in [-0.15, -0.1) is 0 Å². The Bertz CT molecular complexity index is 1300. The molecule has 1 heterocycles. The van der Waals surface area contributed by atoms with Crippen molar-refractivity contribution in [3.05, 3.63) is 66.2 Å². The number of sulfonamides is 1. The van der Waals surface area contributed by atoms with Crippen LogP contribution < -0.4 is 14.8 Å². The number of carbonyl (C=O) groups excluding carboxylic acids is 3. The number of hydrogen-bond acceptors (Lipinski definition) is 7. The van der Waals surface area contributed by atoms with E-state index in [1.54, 1.807) is 24.3 Å². The summed E-state index contributed by atoms with van der Waals surface area (Å²) in [5, 5.41) is 14.0. The molecule has 3 amide bonds. The number of carboxylic acid groups (broad SMARTS) is 1. The van der Waals surface area contributed by atoms with Crippen molar-refractivity contribution in [2.24, 2.45) is 5.14 Å². The molecule has 0 bridgehead atoms. The Hall–Kier alpha value is -4.03. The summed E-state index contributed by atoms with van der Waals surface area (Å²) in [5.41, 5.74) is 0.970. The van der Waals surface area contributed by atoms with E-state index in [1.807, 2.05) is 6.92 Å². The molecule has 3 rings (SSSR count). The van der Waals surface area contributed by atoms with Crippen molar-refractivity contribution < 1.29 is 37.4 Å². The average Bonchev–Trinajstić information content (AvgIpc) is 3.15. The van der Waals surface area contributed by atoms with E-state index in [0.29, 0.717) is 29.7 Å². The number of carbonyl (C=O) groups is 4. The van der Waals surface area contributed by atoms with Crippen LogP contribution in [-0.2, 0) is 35.6 Å². The fourth-order valence-electron chi connectivity index (χ4n) is 3.80. The zero-order chi connectivity index (χ0) is 27.2. The summed E-state index contributed by atoms with van der Waals surface area (Å²) in [4.78, 5) is 51.9. The summed E-state index contributed by atoms with van der Waals surface area (Å²) in [6, 6.07) is 11.0. The van der Waals surface area contributed by atoms with Gasteiger partial charge in [-0.1, -0.05) is 19.1 Å². The lowest BCUT2D eigenvalue weighted by atomic mass is 10.1. The number of amides is 3. The van der Waals surface area contributed by atoms with Crippen LogP contribution in [-0.4, -0.2) is 61.3 Å². The molecule has 1 aliphatic heterocycles. The third-order valence-electron chi connectivity index (χ3n) is 5.61. The van der Waals surface area contributed by atoms with E-state index in [9.17, 15) is 27.6 Å². The van der Waals surface area contributed by atoms with Gasteiger partial charge in [-0.25, -0.2) is 23.3 Å². The maximum atomic E-state index is 13.3. The van der Waals surface area contributed by atoms with Crippen LogP contribution in [0.1, 0.15) is 25.3 Å². The highest BCUT2D eigenvalue weighted by Crippen LogP contribution is 2.28. The molecule has 2 aromatic rings. The number of imide groups is 1. The fraction of sp³-hybridized carbons (Fsp3) is 0.280. The second-order valence-corrected chi connectivity index (χ2v) is 9.83. The van der Waals surface area contributed by atoms with Gasteiger partial charge in [-0.3, -0.25) is 14.4 Å². The normalized spacial score (nSPS) is 15.8. The van der Waals surface area contributed by atoms with Gasteiger partial charge in [-0.05, 0) is 54.8 Å². The molecule has 3 N–H and O–H groups in total. The molecule has 0 aromatic heterocycles.